The van der Waals surface area contributed by atoms with Crippen molar-refractivity contribution in [2.75, 3.05) is 12.3 Å². The Morgan fingerprint density at radius 1 is 1.75 bits per heavy atom. The second-order valence-electron chi connectivity index (χ2n) is 4.13. The molecule has 0 radical (unpaired) electrons. The van der Waals surface area contributed by atoms with Crippen molar-refractivity contribution in [2.45, 2.75) is 24.2 Å². The summed E-state index contributed by atoms with van der Waals surface area (Å²) in [6.07, 6.45) is -3.86. The molecule has 11 heteroatoms. The number of anilines is 1. The second-order valence-corrected chi connectivity index (χ2v) is 4.50. The third kappa shape index (κ3) is 2.21. The van der Waals surface area contributed by atoms with Crippen molar-refractivity contribution in [3.8, 4) is 0 Å². The van der Waals surface area contributed by atoms with Crippen LogP contribution in [0.1, 0.15) is 6.23 Å². The van der Waals surface area contributed by atoms with E-state index in [0.29, 0.717) is 0 Å². The lowest BCUT2D eigenvalue weighted by Gasteiger charge is -2.23. The molecule has 2 heterocycles. The Kier molecular flexibility index (Phi) is 3.88. The number of aliphatic hydroxyl groups is 2. The number of rotatable bonds is 3. The summed E-state index contributed by atoms with van der Waals surface area (Å²) in [5.41, 5.74) is 11.8. The van der Waals surface area contributed by atoms with Gasteiger partial charge in [-0.15, -0.1) is 0 Å². The smallest absolute Gasteiger partial charge is 0.203 e. The molecule has 2 rings (SSSR count). The molecule has 1 aromatic rings. The summed E-state index contributed by atoms with van der Waals surface area (Å²) in [6, 6.07) is 1.37. The molecule has 108 valence electrons. The van der Waals surface area contributed by atoms with Crippen LogP contribution in [0.5, 0.6) is 0 Å². The zero-order valence-corrected chi connectivity index (χ0v) is 10.8. The van der Waals surface area contributed by atoms with Gasteiger partial charge >= 0.3 is 0 Å². The van der Waals surface area contributed by atoms with E-state index in [1.807, 2.05) is 0 Å². The van der Waals surface area contributed by atoms with E-state index in [1.165, 1.54) is 12.3 Å². The van der Waals surface area contributed by atoms with Gasteiger partial charge in [0.2, 0.25) is 10.5 Å². The van der Waals surface area contributed by atoms with Crippen molar-refractivity contribution in [3.05, 3.63) is 27.5 Å². The summed E-state index contributed by atoms with van der Waals surface area (Å²) in [6.45, 7) is -0.884. The number of azide groups is 1. The topological polar surface area (TPSA) is 142 Å². The van der Waals surface area contributed by atoms with Gasteiger partial charge in [0.05, 0.1) is 6.61 Å². The molecule has 0 amide bonds. The number of halogens is 1. The van der Waals surface area contributed by atoms with Gasteiger partial charge in [0.1, 0.15) is 11.9 Å². The zero-order chi connectivity index (χ0) is 14.9. The second kappa shape index (κ2) is 5.31. The largest absolute Gasteiger partial charge is 0.393 e. The average molecular weight is 302 g/mol. The Hall–Kier alpha value is -1.78. The normalized spacial score (nSPS) is 32.9. The van der Waals surface area contributed by atoms with Crippen LogP contribution in [0.2, 0.25) is 0 Å². The van der Waals surface area contributed by atoms with Crippen molar-refractivity contribution < 1.29 is 19.3 Å². The van der Waals surface area contributed by atoms with E-state index in [4.69, 9.17) is 28.2 Å². The molecule has 1 fully saturated rings. The first-order valence-electron chi connectivity index (χ1n) is 5.47. The van der Waals surface area contributed by atoms with Gasteiger partial charge in [-0.25, -0.2) is 9.37 Å². The van der Waals surface area contributed by atoms with Crippen LogP contribution < -0.4 is 5.73 Å². The van der Waals surface area contributed by atoms with Gasteiger partial charge in [0.15, 0.2) is 12.4 Å². The third-order valence-corrected chi connectivity index (χ3v) is 3.23. The molecule has 0 aromatic carbocycles. The average Bonchev–Trinajstić information content (AvgIpc) is 2.65. The molecule has 9 nitrogen and oxygen atoms in total. The molecular formula is C9H11FN6O3S. The number of nitrogen functional groups attached to an aromatic ring is 1. The molecule has 20 heavy (non-hydrogen) atoms. The summed E-state index contributed by atoms with van der Waals surface area (Å²) in [5.74, 6) is 0.142. The molecular weight excluding hydrogens is 291 g/mol. The maximum atomic E-state index is 14.2. The highest BCUT2D eigenvalue weighted by atomic mass is 32.1. The fourth-order valence-corrected chi connectivity index (χ4v) is 2.17. The Morgan fingerprint density at radius 3 is 3.00 bits per heavy atom. The van der Waals surface area contributed by atoms with Crippen molar-refractivity contribution >= 4 is 18.0 Å². The number of hydrogen-bond acceptors (Lipinski definition) is 7. The van der Waals surface area contributed by atoms with Crippen molar-refractivity contribution in [3.63, 3.8) is 0 Å². The molecule has 1 unspecified atom stereocenters. The standard InChI is InChI=1S/C9H11FN6O3S/c10-5-6(18)9(3-17,14-15-12)19-7(5)16-2-1-4(11)13-8(16)20/h1-2,5-7,17-18H,3H2,(H2,11,13,20)/t5-,6?,7+,9+/m0/s1. The van der Waals surface area contributed by atoms with Crippen molar-refractivity contribution in [1.29, 1.82) is 0 Å². The lowest BCUT2D eigenvalue weighted by molar-refractivity contribution is -0.124. The highest BCUT2D eigenvalue weighted by molar-refractivity contribution is 7.71. The Balaban J connectivity index is 2.45. The molecule has 1 saturated heterocycles. The number of ether oxygens (including phenoxy) is 1. The van der Waals surface area contributed by atoms with E-state index in [-0.39, 0.29) is 10.6 Å². The van der Waals surface area contributed by atoms with E-state index in [0.717, 1.165) is 4.57 Å². The quantitative estimate of drug-likeness (QED) is 0.319. The van der Waals surface area contributed by atoms with Crippen molar-refractivity contribution in [1.82, 2.24) is 9.55 Å². The summed E-state index contributed by atoms with van der Waals surface area (Å²) in [7, 11) is 0. The number of aromatic nitrogens is 2. The van der Waals surface area contributed by atoms with Gasteiger partial charge < -0.3 is 20.7 Å². The summed E-state index contributed by atoms with van der Waals surface area (Å²) in [5, 5.41) is 22.2. The molecule has 0 spiro atoms. The minimum Gasteiger partial charge on any atom is -0.393 e. The molecule has 0 aliphatic carbocycles. The van der Waals surface area contributed by atoms with Gasteiger partial charge in [-0.05, 0) is 23.8 Å². The number of hydrogen-bond donors (Lipinski definition) is 3. The lowest BCUT2D eigenvalue weighted by atomic mass is 10.1. The van der Waals surface area contributed by atoms with E-state index >= 15 is 0 Å². The van der Waals surface area contributed by atoms with E-state index < -0.39 is 30.8 Å². The van der Waals surface area contributed by atoms with Crippen LogP contribution in [-0.2, 0) is 4.74 Å². The third-order valence-electron chi connectivity index (χ3n) is 2.93. The zero-order valence-electron chi connectivity index (χ0n) is 10.00. The van der Waals surface area contributed by atoms with Gasteiger partial charge in [0, 0.05) is 11.1 Å². The first-order valence-corrected chi connectivity index (χ1v) is 5.88. The first-order chi connectivity index (χ1) is 9.45. The van der Waals surface area contributed by atoms with Crippen LogP contribution in [-0.4, -0.2) is 44.4 Å². The molecule has 4 N–H and O–H groups in total. The predicted molar refractivity (Wildman–Crippen MR) is 67.5 cm³/mol. The number of nitrogens with two attached hydrogens (primary N) is 1. The molecule has 4 atom stereocenters. The summed E-state index contributed by atoms with van der Waals surface area (Å²) < 4.78 is 20.4. The minimum atomic E-state index is -2.10. The Bertz CT molecular complexity index is 620. The highest BCUT2D eigenvalue weighted by Crippen LogP contribution is 2.40. The van der Waals surface area contributed by atoms with Crippen LogP contribution in [0, 0.1) is 4.77 Å². The van der Waals surface area contributed by atoms with E-state index in [9.17, 15) is 14.6 Å². The molecule has 1 aromatic heterocycles. The maximum Gasteiger partial charge on any atom is 0.203 e. The Morgan fingerprint density at radius 2 is 2.45 bits per heavy atom. The number of nitrogens with zero attached hydrogens (tertiary/aromatic N) is 5. The van der Waals surface area contributed by atoms with E-state index in [1.54, 1.807) is 0 Å². The monoisotopic (exact) mass is 302 g/mol. The highest BCUT2D eigenvalue weighted by Gasteiger charge is 2.55. The summed E-state index contributed by atoms with van der Waals surface area (Å²) in [4.78, 5) is 6.21. The van der Waals surface area contributed by atoms with Crippen LogP contribution in [0.3, 0.4) is 0 Å². The van der Waals surface area contributed by atoms with Gasteiger partial charge in [0.25, 0.3) is 0 Å². The predicted octanol–water partition coefficient (Wildman–Crippen LogP) is 0.421. The van der Waals surface area contributed by atoms with E-state index in [2.05, 4.69) is 15.0 Å². The minimum absolute atomic E-state index is 0.0699. The molecule has 0 saturated carbocycles. The summed E-state index contributed by atoms with van der Waals surface area (Å²) >= 11 is 4.92. The van der Waals surface area contributed by atoms with Gasteiger partial charge in [-0.3, -0.25) is 4.57 Å². The molecule has 1 aliphatic rings. The number of alkyl halides is 1. The van der Waals surface area contributed by atoms with Gasteiger partial charge in [-0.1, -0.05) is 5.11 Å². The van der Waals surface area contributed by atoms with Crippen LogP contribution >= 0.6 is 12.2 Å². The number of aliphatic hydroxyl groups excluding tert-OH is 2. The maximum absolute atomic E-state index is 14.2. The van der Waals surface area contributed by atoms with Crippen LogP contribution in [0.15, 0.2) is 17.4 Å². The fraction of sp³-hybridized carbons (Fsp3) is 0.556. The fourth-order valence-electron chi connectivity index (χ4n) is 1.90. The van der Waals surface area contributed by atoms with Crippen LogP contribution in [0.25, 0.3) is 10.4 Å². The molecule has 1 aliphatic heterocycles. The Labute approximate surface area is 117 Å². The SMILES string of the molecule is [N-]=[N+]=N[C@]1(CO)O[C@@H](n2ccc(N)nc2=S)[C@@H](F)C1O. The molecule has 0 bridgehead atoms. The first kappa shape index (κ1) is 14.6. The van der Waals surface area contributed by atoms with Crippen LogP contribution in [0.4, 0.5) is 10.2 Å². The van der Waals surface area contributed by atoms with Gasteiger partial charge in [-0.2, -0.15) is 0 Å². The lowest BCUT2D eigenvalue weighted by Crippen LogP contribution is -2.43. The van der Waals surface area contributed by atoms with Crippen molar-refractivity contribution in [2.24, 2.45) is 5.11 Å².